The Balaban J connectivity index is 1.43. The first kappa shape index (κ1) is 33.4. The van der Waals surface area contributed by atoms with Crippen molar-refractivity contribution in [3.8, 4) is 5.69 Å². The number of aromatic nitrogens is 2. The van der Waals surface area contributed by atoms with Crippen LogP contribution in [0, 0.1) is 31.3 Å². The second kappa shape index (κ2) is 12.5. The molecule has 5 N–H and O–H groups in total. The van der Waals surface area contributed by atoms with Crippen molar-refractivity contribution >= 4 is 17.4 Å². The number of rotatable bonds is 6. The molecule has 1 aromatic heterocycles. The van der Waals surface area contributed by atoms with Crippen LogP contribution in [-0.4, -0.2) is 38.9 Å². The molecule has 0 spiro atoms. The molecule has 1 fully saturated rings. The minimum absolute atomic E-state index is 0.0253. The van der Waals surface area contributed by atoms with Crippen molar-refractivity contribution in [3.63, 3.8) is 0 Å². The molecule has 3 heterocycles. The zero-order valence-corrected chi connectivity index (χ0v) is 27.8. The molecule has 2 aliphatic rings. The van der Waals surface area contributed by atoms with Crippen LogP contribution in [0.4, 0.5) is 24.7 Å². The molecule has 6 rings (SSSR count). The van der Waals surface area contributed by atoms with Crippen LogP contribution in [0.15, 0.2) is 65.6 Å². The van der Waals surface area contributed by atoms with Gasteiger partial charge in [-0.25, -0.2) is 27.5 Å². The first-order chi connectivity index (χ1) is 22.6. The minimum atomic E-state index is -0.913. The van der Waals surface area contributed by atoms with Crippen LogP contribution in [0.25, 0.3) is 5.69 Å². The summed E-state index contributed by atoms with van der Waals surface area (Å²) >= 11 is 0. The number of amides is 1. The molecule has 3 aromatic carbocycles. The fourth-order valence-electron chi connectivity index (χ4n) is 7.16. The van der Waals surface area contributed by atoms with Gasteiger partial charge in [-0.2, -0.15) is 0 Å². The van der Waals surface area contributed by atoms with Crippen molar-refractivity contribution in [1.82, 2.24) is 25.5 Å². The average molecular weight is 660 g/mol. The number of carbonyl (C=O) groups is 1. The third-order valence-electron chi connectivity index (χ3n) is 8.96. The first-order valence-corrected chi connectivity index (χ1v) is 15.9. The summed E-state index contributed by atoms with van der Waals surface area (Å²) in [5.74, 6) is -2.61. The number of benzene rings is 3. The maximum Gasteiger partial charge on any atom is 0.353 e. The predicted octanol–water partition coefficient (Wildman–Crippen LogP) is 5.81. The zero-order chi connectivity index (χ0) is 34.5. The number of hydrogen-bond donors (Lipinski definition) is 5. The maximum atomic E-state index is 15.2. The number of anilines is 2. The predicted molar refractivity (Wildman–Crippen MR) is 180 cm³/mol. The second-order valence-electron chi connectivity index (χ2n) is 14.1. The van der Waals surface area contributed by atoms with Crippen molar-refractivity contribution in [2.24, 2.45) is 0 Å². The number of piperidine rings is 1. The van der Waals surface area contributed by atoms with Gasteiger partial charge in [-0.05, 0) is 107 Å². The topological polar surface area (TPSA) is 112 Å². The highest BCUT2D eigenvalue weighted by Crippen LogP contribution is 2.37. The summed E-state index contributed by atoms with van der Waals surface area (Å²) in [6.07, 6.45) is 2.33. The molecule has 252 valence electrons. The number of para-hydroxylation sites is 1. The highest BCUT2D eigenvalue weighted by molar-refractivity contribution is 6.04. The number of halogens is 3. The van der Waals surface area contributed by atoms with Gasteiger partial charge < -0.3 is 16.0 Å². The molecular weight excluding hydrogens is 619 g/mol. The summed E-state index contributed by atoms with van der Waals surface area (Å²) in [4.78, 5) is 30.4. The van der Waals surface area contributed by atoms with Crippen molar-refractivity contribution < 1.29 is 18.0 Å². The first-order valence-electron chi connectivity index (χ1n) is 15.9. The fraction of sp³-hybridized carbons (Fsp3) is 0.361. The fourth-order valence-corrected chi connectivity index (χ4v) is 7.16. The Kier molecular flexibility index (Phi) is 8.69. The molecule has 0 saturated carbocycles. The number of nitrogens with zero attached hydrogens (tertiary/aromatic N) is 2. The smallest absolute Gasteiger partial charge is 0.343 e. The van der Waals surface area contributed by atoms with E-state index in [0.717, 1.165) is 40.7 Å². The lowest BCUT2D eigenvalue weighted by molar-refractivity contribution is 0.102. The summed E-state index contributed by atoms with van der Waals surface area (Å²) in [6.45, 7) is 12.1. The normalized spacial score (nSPS) is 20.1. The Labute approximate surface area is 277 Å². The van der Waals surface area contributed by atoms with Crippen molar-refractivity contribution in [2.45, 2.75) is 83.8 Å². The zero-order valence-electron chi connectivity index (χ0n) is 27.8. The van der Waals surface area contributed by atoms with Gasteiger partial charge in [-0.1, -0.05) is 18.2 Å². The Morgan fingerprint density at radius 3 is 2.23 bits per heavy atom. The van der Waals surface area contributed by atoms with Crippen molar-refractivity contribution in [3.05, 3.63) is 117 Å². The molecule has 0 aliphatic carbocycles. The van der Waals surface area contributed by atoms with Gasteiger partial charge in [0.2, 0.25) is 0 Å². The van der Waals surface area contributed by atoms with Gasteiger partial charge in [0.1, 0.15) is 35.2 Å². The van der Waals surface area contributed by atoms with Gasteiger partial charge >= 0.3 is 5.69 Å². The molecule has 0 bridgehead atoms. The van der Waals surface area contributed by atoms with Gasteiger partial charge in [0.05, 0.1) is 6.04 Å². The number of carbonyl (C=O) groups excluding carboxylic acids is 1. The Hall–Kier alpha value is -4.52. The Morgan fingerprint density at radius 2 is 1.56 bits per heavy atom. The highest BCUT2D eigenvalue weighted by Gasteiger charge is 2.40. The van der Waals surface area contributed by atoms with Crippen LogP contribution in [-0.2, 0) is 0 Å². The maximum absolute atomic E-state index is 15.2. The number of hydrogen-bond acceptors (Lipinski definition) is 7. The Morgan fingerprint density at radius 1 is 0.896 bits per heavy atom. The van der Waals surface area contributed by atoms with E-state index in [1.54, 1.807) is 31.2 Å². The summed E-state index contributed by atoms with van der Waals surface area (Å²) in [5, 5.41) is 17.0. The van der Waals surface area contributed by atoms with Crippen LogP contribution in [0.1, 0.15) is 79.2 Å². The van der Waals surface area contributed by atoms with Crippen LogP contribution in [0.2, 0.25) is 0 Å². The van der Waals surface area contributed by atoms with Crippen LogP contribution in [0.3, 0.4) is 0 Å². The molecule has 9 nitrogen and oxygen atoms in total. The van der Waals surface area contributed by atoms with E-state index in [9.17, 15) is 14.0 Å². The van der Waals surface area contributed by atoms with E-state index < -0.39 is 47.1 Å². The van der Waals surface area contributed by atoms with Gasteiger partial charge in [0, 0.05) is 40.1 Å². The standard InChI is InChI=1S/C36H40F3N7O2/c1-19-11-13-22(41-32(47)21-12-10-20(2)28(39)14-21)15-24(19)29-25-18-40-34(48)46(30-26(37)8-7-9-27(30)38)31(25)44-33(43-29)42-23-16-35(3,4)45-36(5,6)17-23/h7-15,18,23,29,33,42-45H,16-17H2,1-6H3,(H,41,47). The quantitative estimate of drug-likeness (QED) is 0.178. The third-order valence-corrected chi connectivity index (χ3v) is 8.96. The average Bonchev–Trinajstić information content (AvgIpc) is 2.98. The number of aryl methyl sites for hydroxylation is 2. The van der Waals surface area contributed by atoms with Gasteiger partial charge in [-0.15, -0.1) is 0 Å². The van der Waals surface area contributed by atoms with E-state index in [2.05, 4.69) is 59.3 Å². The van der Waals surface area contributed by atoms with E-state index in [1.807, 2.05) is 13.0 Å². The van der Waals surface area contributed by atoms with Gasteiger partial charge in [-0.3, -0.25) is 15.4 Å². The summed E-state index contributed by atoms with van der Waals surface area (Å²) < 4.78 is 45.6. The molecule has 2 unspecified atom stereocenters. The lowest BCUT2D eigenvalue weighted by Crippen LogP contribution is -2.65. The molecule has 4 aromatic rings. The summed E-state index contributed by atoms with van der Waals surface area (Å²) in [7, 11) is 0. The van der Waals surface area contributed by atoms with Gasteiger partial charge in [0.15, 0.2) is 0 Å². The van der Waals surface area contributed by atoms with Crippen LogP contribution in [0.5, 0.6) is 0 Å². The lowest BCUT2D eigenvalue weighted by Gasteiger charge is -2.48. The van der Waals surface area contributed by atoms with E-state index in [4.69, 9.17) is 0 Å². The number of nitrogens with one attached hydrogen (secondary N) is 5. The molecule has 1 amide bonds. The minimum Gasteiger partial charge on any atom is -0.343 e. The SMILES string of the molecule is Cc1ccc(C(=O)Nc2ccc(C)c(C3NC(NC4CC(C)(C)NC(C)(C)C4)Nc4c3cnc(=O)n4-c3c(F)cccc3F)c2)cc1F. The Bertz CT molecular complexity index is 1920. The highest BCUT2D eigenvalue weighted by atomic mass is 19.1. The van der Waals surface area contributed by atoms with Crippen LogP contribution >= 0.6 is 0 Å². The van der Waals surface area contributed by atoms with E-state index in [-0.39, 0.29) is 28.5 Å². The molecule has 2 aliphatic heterocycles. The van der Waals surface area contributed by atoms with E-state index in [1.165, 1.54) is 18.3 Å². The molecule has 0 radical (unpaired) electrons. The van der Waals surface area contributed by atoms with Crippen molar-refractivity contribution in [1.29, 1.82) is 0 Å². The number of fused-ring (bicyclic) bond motifs is 1. The van der Waals surface area contributed by atoms with Gasteiger partial charge in [0.25, 0.3) is 5.91 Å². The summed E-state index contributed by atoms with van der Waals surface area (Å²) in [6, 6.07) is 12.5. The second-order valence-corrected chi connectivity index (χ2v) is 14.1. The summed E-state index contributed by atoms with van der Waals surface area (Å²) in [5.41, 5.74) is 1.37. The lowest BCUT2D eigenvalue weighted by atomic mass is 9.79. The molecular formula is C36H40F3N7O2. The third kappa shape index (κ3) is 6.73. The molecule has 2 atom stereocenters. The molecule has 12 heteroatoms. The van der Waals surface area contributed by atoms with E-state index >= 15 is 8.78 Å². The monoisotopic (exact) mass is 659 g/mol. The largest absolute Gasteiger partial charge is 0.353 e. The molecule has 1 saturated heterocycles. The molecule has 48 heavy (non-hydrogen) atoms. The van der Waals surface area contributed by atoms with E-state index in [0.29, 0.717) is 16.8 Å². The van der Waals surface area contributed by atoms with Crippen molar-refractivity contribution in [2.75, 3.05) is 10.6 Å². The van der Waals surface area contributed by atoms with Crippen LogP contribution < -0.4 is 32.3 Å².